The average molecular weight is 427 g/mol. The lowest BCUT2D eigenvalue weighted by atomic mass is 10.3. The molecule has 0 aliphatic rings. The molecule has 0 aliphatic carbocycles. The number of nitrogens with zero attached hydrogens (tertiary/aromatic N) is 6. The van der Waals surface area contributed by atoms with E-state index in [0.29, 0.717) is 19.0 Å². The van der Waals surface area contributed by atoms with Crippen LogP contribution in [0.25, 0.3) is 16.9 Å². The second-order valence-corrected chi connectivity index (χ2v) is 7.75. The molecule has 4 rings (SSSR count). The Bertz CT molecular complexity index is 1080. The van der Waals surface area contributed by atoms with Gasteiger partial charge in [-0.05, 0) is 37.6 Å². The number of hydrogen-bond acceptors (Lipinski definition) is 8. The highest BCUT2D eigenvalue weighted by Crippen LogP contribution is 2.27. The zero-order chi connectivity index (χ0) is 20.9. The third kappa shape index (κ3) is 4.50. The summed E-state index contributed by atoms with van der Waals surface area (Å²) in [5.74, 6) is 0.697. The Hall–Kier alpha value is -2.82. The molecular weight excluding hydrogens is 400 g/mol. The number of aryl methyl sites for hydroxylation is 1. The molecular formula is C20H26N8OS. The fourth-order valence-electron chi connectivity index (χ4n) is 3.26. The maximum absolute atomic E-state index is 5.79. The number of fused-ring (bicyclic) bond motifs is 1. The minimum Gasteiger partial charge on any atom is -0.374 e. The van der Waals surface area contributed by atoms with Gasteiger partial charge in [-0.1, -0.05) is 13.8 Å². The number of hydrogen-bond donors (Lipinski definition) is 2. The molecule has 0 aliphatic heterocycles. The summed E-state index contributed by atoms with van der Waals surface area (Å²) >= 11 is 1.39. The van der Waals surface area contributed by atoms with Crippen LogP contribution in [0.15, 0.2) is 30.9 Å². The van der Waals surface area contributed by atoms with Crippen LogP contribution in [0.3, 0.4) is 0 Å². The first-order valence-corrected chi connectivity index (χ1v) is 10.8. The average Bonchev–Trinajstić information content (AvgIpc) is 3.48. The summed E-state index contributed by atoms with van der Waals surface area (Å²) in [6.07, 6.45) is 7.43. The van der Waals surface area contributed by atoms with Crippen molar-refractivity contribution in [1.29, 1.82) is 0 Å². The standard InChI is InChI=1S/C20H26N8OS/c1-4-27(5-2)6-7-29-13-16-8-18(30-26-16)25-19-20-21-11-17(15-9-22-23-10-15)28(20)12-14(3)24-19/h8-12H,4-7,13H2,1-3H3,(H,22,23)(H,24,25). The summed E-state index contributed by atoms with van der Waals surface area (Å²) in [5, 5.41) is 11.2. The number of aromatic amines is 1. The van der Waals surface area contributed by atoms with Gasteiger partial charge in [-0.3, -0.25) is 9.50 Å². The minimum absolute atomic E-state index is 0.504. The molecule has 0 amide bonds. The molecule has 4 aromatic heterocycles. The van der Waals surface area contributed by atoms with E-state index in [1.54, 1.807) is 6.20 Å². The van der Waals surface area contributed by atoms with E-state index in [4.69, 9.17) is 4.74 Å². The SMILES string of the molecule is CCN(CC)CCOCc1cc(Nc2nc(C)cn3c(-c4cn[nH]c4)cnc23)sn1. The molecule has 0 radical (unpaired) electrons. The van der Waals surface area contributed by atoms with Gasteiger partial charge in [0, 0.05) is 24.5 Å². The largest absolute Gasteiger partial charge is 0.374 e. The smallest absolute Gasteiger partial charge is 0.180 e. The van der Waals surface area contributed by atoms with Crippen LogP contribution >= 0.6 is 11.5 Å². The molecule has 0 saturated heterocycles. The van der Waals surface area contributed by atoms with Crippen LogP contribution in [0.1, 0.15) is 25.2 Å². The van der Waals surface area contributed by atoms with Crippen molar-refractivity contribution in [2.24, 2.45) is 0 Å². The van der Waals surface area contributed by atoms with Gasteiger partial charge in [0.15, 0.2) is 11.5 Å². The molecule has 0 fully saturated rings. The summed E-state index contributed by atoms with van der Waals surface area (Å²) in [6.45, 7) is 10.5. The maximum Gasteiger partial charge on any atom is 0.180 e. The van der Waals surface area contributed by atoms with Crippen LogP contribution in [0.5, 0.6) is 0 Å². The molecule has 4 aromatic rings. The number of ether oxygens (including phenoxy) is 1. The first-order chi connectivity index (χ1) is 14.7. The molecule has 0 spiro atoms. The number of H-pyrrole nitrogens is 1. The highest BCUT2D eigenvalue weighted by molar-refractivity contribution is 7.10. The van der Waals surface area contributed by atoms with E-state index in [2.05, 4.69) is 48.6 Å². The predicted octanol–water partition coefficient (Wildman–Crippen LogP) is 3.49. The number of likely N-dealkylation sites (N-methyl/N-ethyl adjacent to an activating group) is 1. The molecule has 0 aromatic carbocycles. The second-order valence-electron chi connectivity index (χ2n) is 6.94. The van der Waals surface area contributed by atoms with Crippen LogP contribution in [0.2, 0.25) is 0 Å². The van der Waals surface area contributed by atoms with Crippen molar-refractivity contribution in [3.05, 3.63) is 42.2 Å². The fraction of sp³-hybridized carbons (Fsp3) is 0.400. The van der Waals surface area contributed by atoms with Gasteiger partial charge in [0.2, 0.25) is 0 Å². The van der Waals surface area contributed by atoms with Gasteiger partial charge >= 0.3 is 0 Å². The summed E-state index contributed by atoms with van der Waals surface area (Å²) in [7, 11) is 0. The van der Waals surface area contributed by atoms with Gasteiger partial charge in [-0.25, -0.2) is 9.97 Å². The summed E-state index contributed by atoms with van der Waals surface area (Å²) in [6, 6.07) is 2.00. The first kappa shape index (κ1) is 20.5. The van der Waals surface area contributed by atoms with Crippen molar-refractivity contribution in [2.75, 3.05) is 31.6 Å². The van der Waals surface area contributed by atoms with Crippen molar-refractivity contribution in [2.45, 2.75) is 27.4 Å². The molecule has 0 bridgehead atoms. The van der Waals surface area contributed by atoms with Crippen molar-refractivity contribution in [3.8, 4) is 11.3 Å². The van der Waals surface area contributed by atoms with Crippen molar-refractivity contribution >= 4 is 28.0 Å². The molecule has 9 nitrogen and oxygen atoms in total. The topological polar surface area (TPSA) is 96.3 Å². The van der Waals surface area contributed by atoms with Crippen LogP contribution in [-0.2, 0) is 11.3 Å². The fourth-order valence-corrected chi connectivity index (χ4v) is 3.91. The zero-order valence-electron chi connectivity index (χ0n) is 17.4. The quantitative estimate of drug-likeness (QED) is 0.375. The number of imidazole rings is 1. The Morgan fingerprint density at radius 2 is 2.13 bits per heavy atom. The minimum atomic E-state index is 0.504. The molecule has 30 heavy (non-hydrogen) atoms. The van der Waals surface area contributed by atoms with Gasteiger partial charge in [-0.2, -0.15) is 9.47 Å². The van der Waals surface area contributed by atoms with E-state index in [-0.39, 0.29) is 0 Å². The normalized spacial score (nSPS) is 11.6. The van der Waals surface area contributed by atoms with Crippen LogP contribution in [0, 0.1) is 6.92 Å². The third-order valence-electron chi connectivity index (χ3n) is 4.90. The highest BCUT2D eigenvalue weighted by atomic mass is 32.1. The first-order valence-electron chi connectivity index (χ1n) is 10.0. The Balaban J connectivity index is 1.45. The van der Waals surface area contributed by atoms with Crippen LogP contribution < -0.4 is 5.32 Å². The van der Waals surface area contributed by atoms with E-state index in [1.165, 1.54) is 11.5 Å². The van der Waals surface area contributed by atoms with E-state index < -0.39 is 0 Å². The number of anilines is 2. The Kier molecular flexibility index (Phi) is 6.36. The predicted molar refractivity (Wildman–Crippen MR) is 118 cm³/mol. The molecule has 2 N–H and O–H groups in total. The van der Waals surface area contributed by atoms with E-state index in [0.717, 1.165) is 52.9 Å². The summed E-state index contributed by atoms with van der Waals surface area (Å²) in [5.41, 5.74) is 4.48. The van der Waals surface area contributed by atoms with Gasteiger partial charge in [0.1, 0.15) is 5.00 Å². The Morgan fingerprint density at radius 3 is 2.90 bits per heavy atom. The van der Waals surface area contributed by atoms with Crippen LogP contribution in [0.4, 0.5) is 10.8 Å². The Morgan fingerprint density at radius 1 is 1.27 bits per heavy atom. The van der Waals surface area contributed by atoms with Crippen LogP contribution in [-0.4, -0.2) is 60.1 Å². The van der Waals surface area contributed by atoms with E-state index >= 15 is 0 Å². The van der Waals surface area contributed by atoms with Gasteiger partial charge in [0.25, 0.3) is 0 Å². The summed E-state index contributed by atoms with van der Waals surface area (Å²) in [4.78, 5) is 11.5. The lowest BCUT2D eigenvalue weighted by molar-refractivity contribution is 0.0941. The van der Waals surface area contributed by atoms with Gasteiger partial charge in [0.05, 0.1) is 42.7 Å². The Labute approximate surface area is 179 Å². The van der Waals surface area contributed by atoms with Crippen molar-refractivity contribution in [1.82, 2.24) is 33.8 Å². The van der Waals surface area contributed by atoms with Gasteiger partial charge in [-0.15, -0.1) is 0 Å². The van der Waals surface area contributed by atoms with Crippen molar-refractivity contribution in [3.63, 3.8) is 0 Å². The highest BCUT2D eigenvalue weighted by Gasteiger charge is 2.14. The summed E-state index contributed by atoms with van der Waals surface area (Å²) < 4.78 is 12.3. The number of aromatic nitrogens is 6. The third-order valence-corrected chi connectivity index (χ3v) is 5.65. The molecule has 0 saturated carbocycles. The molecule has 0 unspecified atom stereocenters. The number of nitrogens with one attached hydrogen (secondary N) is 2. The lowest BCUT2D eigenvalue weighted by Crippen LogP contribution is -2.26. The second kappa shape index (κ2) is 9.33. The molecule has 0 atom stereocenters. The zero-order valence-corrected chi connectivity index (χ0v) is 18.2. The van der Waals surface area contributed by atoms with E-state index in [9.17, 15) is 0 Å². The molecule has 4 heterocycles. The number of rotatable bonds is 10. The van der Waals surface area contributed by atoms with Gasteiger partial charge < -0.3 is 15.0 Å². The molecule has 10 heteroatoms. The monoisotopic (exact) mass is 426 g/mol. The van der Waals surface area contributed by atoms with E-state index in [1.807, 2.05) is 36.0 Å². The molecule has 158 valence electrons. The maximum atomic E-state index is 5.79. The van der Waals surface area contributed by atoms with Crippen molar-refractivity contribution < 1.29 is 4.74 Å². The lowest BCUT2D eigenvalue weighted by Gasteiger charge is -2.17.